The van der Waals surface area contributed by atoms with Crippen molar-refractivity contribution < 1.29 is 9.15 Å². The normalized spacial score (nSPS) is 16.4. The minimum Gasteiger partial charge on any atom is -0.456 e. The van der Waals surface area contributed by atoms with Gasteiger partial charge in [-0.25, -0.2) is 9.97 Å². The molecule has 1 aliphatic heterocycles. The summed E-state index contributed by atoms with van der Waals surface area (Å²) < 4.78 is 13.4. The van der Waals surface area contributed by atoms with Crippen LogP contribution in [0.15, 0.2) is 192 Å². The first-order valence-electron chi connectivity index (χ1n) is 19.6. The second-order valence-electron chi connectivity index (χ2n) is 15.1. The molecule has 57 heavy (non-hydrogen) atoms. The third-order valence-corrected chi connectivity index (χ3v) is 12.1. The Morgan fingerprint density at radius 2 is 1.19 bits per heavy atom. The number of furan rings is 1. The predicted molar refractivity (Wildman–Crippen MR) is 229 cm³/mol. The zero-order valence-electron chi connectivity index (χ0n) is 30.9. The van der Waals surface area contributed by atoms with Crippen molar-refractivity contribution in [3.05, 3.63) is 210 Å². The van der Waals surface area contributed by atoms with Crippen LogP contribution in [-0.2, 0) is 5.41 Å². The molecule has 0 amide bonds. The molecule has 0 N–H and O–H groups in total. The lowest BCUT2D eigenvalue weighted by molar-refractivity contribution is 0.437. The summed E-state index contributed by atoms with van der Waals surface area (Å²) in [5, 5.41) is 2.19. The molecule has 3 heterocycles. The van der Waals surface area contributed by atoms with Gasteiger partial charge in [-0.3, -0.25) is 0 Å². The zero-order valence-corrected chi connectivity index (χ0v) is 30.9. The van der Waals surface area contributed by atoms with Crippen LogP contribution in [0.5, 0.6) is 11.5 Å². The van der Waals surface area contributed by atoms with Crippen molar-refractivity contribution in [2.45, 2.75) is 18.3 Å². The Labute approximate surface area is 330 Å². The van der Waals surface area contributed by atoms with E-state index in [0.29, 0.717) is 5.82 Å². The maximum absolute atomic E-state index is 7.10. The quantitative estimate of drug-likeness (QED) is 0.181. The van der Waals surface area contributed by atoms with Gasteiger partial charge in [-0.2, -0.15) is 0 Å². The first-order chi connectivity index (χ1) is 28.3. The van der Waals surface area contributed by atoms with Gasteiger partial charge in [0.2, 0.25) is 0 Å². The van der Waals surface area contributed by atoms with Gasteiger partial charge in [0.05, 0.1) is 16.8 Å². The molecule has 4 heteroatoms. The van der Waals surface area contributed by atoms with Crippen molar-refractivity contribution in [1.82, 2.24) is 9.97 Å². The van der Waals surface area contributed by atoms with Crippen LogP contribution in [0.4, 0.5) is 0 Å². The second kappa shape index (κ2) is 12.4. The Hall–Kier alpha value is -7.30. The van der Waals surface area contributed by atoms with Crippen molar-refractivity contribution in [2.75, 3.05) is 0 Å². The monoisotopic (exact) mass is 730 g/mol. The number of para-hydroxylation sites is 3. The molecular weight excluding hydrogens is 697 g/mol. The molecule has 2 aliphatic carbocycles. The van der Waals surface area contributed by atoms with E-state index in [9.17, 15) is 0 Å². The van der Waals surface area contributed by atoms with Crippen molar-refractivity contribution in [2.24, 2.45) is 0 Å². The molecule has 1 spiro atoms. The first kappa shape index (κ1) is 32.0. The summed E-state index contributed by atoms with van der Waals surface area (Å²) in [6, 6.07) is 59.7. The van der Waals surface area contributed by atoms with Gasteiger partial charge < -0.3 is 9.15 Å². The molecule has 1 atom stereocenters. The Morgan fingerprint density at radius 3 is 2.11 bits per heavy atom. The van der Waals surface area contributed by atoms with E-state index in [1.54, 1.807) is 0 Å². The summed E-state index contributed by atoms with van der Waals surface area (Å²) in [6.07, 6.45) is 6.78. The fraction of sp³-hybridized carbons (Fsp3) is 0.0566. The van der Waals surface area contributed by atoms with E-state index in [4.69, 9.17) is 19.1 Å². The molecule has 0 radical (unpaired) electrons. The summed E-state index contributed by atoms with van der Waals surface area (Å²) >= 11 is 0. The van der Waals surface area contributed by atoms with Gasteiger partial charge in [0.25, 0.3) is 0 Å². The summed E-state index contributed by atoms with van der Waals surface area (Å²) in [7, 11) is 0. The van der Waals surface area contributed by atoms with E-state index in [1.165, 1.54) is 27.8 Å². The Kier molecular flexibility index (Phi) is 6.93. The molecule has 9 aromatic rings. The molecule has 0 fully saturated rings. The van der Waals surface area contributed by atoms with Gasteiger partial charge in [-0.05, 0) is 71.0 Å². The number of allylic oxidation sites excluding steroid dienone is 4. The highest BCUT2D eigenvalue weighted by Crippen LogP contribution is 2.63. The predicted octanol–water partition coefficient (Wildman–Crippen LogP) is 13.6. The molecular formula is C53H34N2O2. The van der Waals surface area contributed by atoms with Crippen molar-refractivity contribution in [3.63, 3.8) is 0 Å². The van der Waals surface area contributed by atoms with Crippen LogP contribution in [0, 0.1) is 0 Å². The lowest BCUT2D eigenvalue weighted by atomic mass is 9.64. The number of rotatable bonds is 4. The third kappa shape index (κ3) is 4.68. The lowest BCUT2D eigenvalue weighted by Crippen LogP contribution is -2.33. The van der Waals surface area contributed by atoms with Crippen molar-refractivity contribution in [1.29, 1.82) is 0 Å². The van der Waals surface area contributed by atoms with Gasteiger partial charge in [-0.15, -0.1) is 0 Å². The summed E-state index contributed by atoms with van der Waals surface area (Å²) in [6.45, 7) is 0. The molecule has 12 rings (SSSR count). The van der Waals surface area contributed by atoms with Crippen LogP contribution in [0.25, 0.3) is 72.5 Å². The Balaban J connectivity index is 1.08. The molecule has 0 bridgehead atoms. The lowest BCUT2D eigenvalue weighted by Gasteiger charge is -2.41. The fourth-order valence-corrected chi connectivity index (χ4v) is 9.64. The third-order valence-electron chi connectivity index (χ3n) is 12.1. The van der Waals surface area contributed by atoms with Crippen LogP contribution in [0.1, 0.15) is 35.1 Å². The summed E-state index contributed by atoms with van der Waals surface area (Å²) in [5.74, 6) is 2.42. The highest BCUT2D eigenvalue weighted by molar-refractivity contribution is 6.06. The van der Waals surface area contributed by atoms with Crippen LogP contribution >= 0.6 is 0 Å². The minimum atomic E-state index is -0.504. The molecule has 268 valence electrons. The van der Waals surface area contributed by atoms with Gasteiger partial charge >= 0.3 is 0 Å². The zero-order chi connectivity index (χ0) is 37.5. The van der Waals surface area contributed by atoms with Crippen molar-refractivity contribution in [3.8, 4) is 56.5 Å². The number of aromatic nitrogens is 2. The maximum Gasteiger partial charge on any atom is 0.160 e. The standard InChI is InChI=1S/C53H34N2O2/c1-2-15-33(16-3-1)52-54-46(34-29-30-40-39-21-8-12-27-48(39)56-50(40)31-34)32-47(55-52)38-20-5-4-17-35(38)41-22-14-26-45-51(41)57-49-28-13-11-25-44(49)53(45)42-23-9-6-18-36(42)37-19-7-10-24-43(37)53/h1-6,8-18,20-32H,7,19H2. The minimum absolute atomic E-state index is 0.504. The van der Waals surface area contributed by atoms with Crippen LogP contribution in [0.3, 0.4) is 0 Å². The highest BCUT2D eigenvalue weighted by Gasteiger charge is 2.52. The number of ether oxygens (including phenoxy) is 1. The van der Waals surface area contributed by atoms with Gasteiger partial charge in [0, 0.05) is 44.2 Å². The molecule has 4 nitrogen and oxygen atoms in total. The van der Waals surface area contributed by atoms with E-state index in [1.807, 2.05) is 36.4 Å². The largest absolute Gasteiger partial charge is 0.456 e. The number of hydrogen-bond donors (Lipinski definition) is 0. The van der Waals surface area contributed by atoms with Gasteiger partial charge in [0.15, 0.2) is 5.82 Å². The van der Waals surface area contributed by atoms with Crippen LogP contribution in [-0.4, -0.2) is 9.97 Å². The summed E-state index contributed by atoms with van der Waals surface area (Å²) in [4.78, 5) is 10.5. The smallest absolute Gasteiger partial charge is 0.160 e. The maximum atomic E-state index is 7.10. The van der Waals surface area contributed by atoms with E-state index in [2.05, 4.69) is 146 Å². The number of benzene rings is 7. The fourth-order valence-electron chi connectivity index (χ4n) is 9.64. The molecule has 0 saturated carbocycles. The van der Waals surface area contributed by atoms with Gasteiger partial charge in [-0.1, -0.05) is 152 Å². The molecule has 3 aliphatic rings. The van der Waals surface area contributed by atoms with Crippen LogP contribution in [0.2, 0.25) is 0 Å². The first-order valence-corrected chi connectivity index (χ1v) is 19.6. The average Bonchev–Trinajstić information content (AvgIpc) is 3.80. The van der Waals surface area contributed by atoms with E-state index >= 15 is 0 Å². The van der Waals surface area contributed by atoms with E-state index in [-0.39, 0.29) is 0 Å². The highest BCUT2D eigenvalue weighted by atomic mass is 16.5. The molecule has 7 aromatic carbocycles. The van der Waals surface area contributed by atoms with E-state index < -0.39 is 5.41 Å². The number of fused-ring (bicyclic) bond motifs is 11. The van der Waals surface area contributed by atoms with Crippen LogP contribution < -0.4 is 4.74 Å². The number of hydrogen-bond acceptors (Lipinski definition) is 4. The van der Waals surface area contributed by atoms with Gasteiger partial charge in [0.1, 0.15) is 22.7 Å². The summed E-state index contributed by atoms with van der Waals surface area (Å²) in [5.41, 5.74) is 15.6. The molecule has 1 unspecified atom stereocenters. The Bertz CT molecular complexity index is 3170. The molecule has 0 saturated heterocycles. The topological polar surface area (TPSA) is 48.2 Å². The van der Waals surface area contributed by atoms with Crippen molar-refractivity contribution >= 4 is 27.5 Å². The molecule has 2 aromatic heterocycles. The SMILES string of the molecule is C1=CC2=C(CC1)c1ccccc1C21c2ccccc2Oc2c(-c3ccccc3-c3cc(-c4ccc5c(c4)oc4ccccc45)nc(-c4ccccc4)n3)cccc21. The second-order valence-corrected chi connectivity index (χ2v) is 15.1. The average molecular weight is 731 g/mol. The van der Waals surface area contributed by atoms with E-state index in [0.717, 1.165) is 91.0 Å². The Morgan fingerprint density at radius 1 is 0.491 bits per heavy atom. The number of nitrogens with zero attached hydrogens (tertiary/aromatic N) is 2.